The number of piperidine rings is 1. The van der Waals surface area contributed by atoms with Crippen LogP contribution in [0.25, 0.3) is 0 Å². The quantitative estimate of drug-likeness (QED) is 0.884. The number of rotatable bonds is 5. The van der Waals surface area contributed by atoms with Gasteiger partial charge in [0.25, 0.3) is 0 Å². The Morgan fingerprint density at radius 1 is 1.17 bits per heavy atom. The van der Waals surface area contributed by atoms with Crippen LogP contribution in [0.2, 0.25) is 0 Å². The molecule has 6 heteroatoms. The maximum absolute atomic E-state index is 13.2. The molecule has 2 fully saturated rings. The van der Waals surface area contributed by atoms with E-state index in [0.717, 1.165) is 38.4 Å². The highest BCUT2D eigenvalue weighted by Gasteiger charge is 2.27. The number of benzene rings is 1. The van der Waals surface area contributed by atoms with Crippen molar-refractivity contribution in [2.75, 3.05) is 19.6 Å². The first kappa shape index (κ1) is 17.8. The summed E-state index contributed by atoms with van der Waals surface area (Å²) in [6.07, 6.45) is 7.08. The van der Waals surface area contributed by atoms with Gasteiger partial charge in [0.1, 0.15) is 5.82 Å². The lowest BCUT2D eigenvalue weighted by Crippen LogP contribution is -2.45. The fourth-order valence-electron chi connectivity index (χ4n) is 3.99. The van der Waals surface area contributed by atoms with Crippen LogP contribution in [0, 0.1) is 18.7 Å². The fourth-order valence-corrected chi connectivity index (χ4v) is 5.52. The molecule has 4 nitrogen and oxygen atoms in total. The summed E-state index contributed by atoms with van der Waals surface area (Å²) in [4.78, 5) is 2.65. The van der Waals surface area contributed by atoms with E-state index in [2.05, 4.69) is 9.62 Å². The van der Waals surface area contributed by atoms with Crippen molar-refractivity contribution < 1.29 is 12.8 Å². The second kappa shape index (κ2) is 7.50. The number of nitrogens with zero attached hydrogens (tertiary/aromatic N) is 1. The van der Waals surface area contributed by atoms with Gasteiger partial charge in [-0.15, -0.1) is 0 Å². The first-order chi connectivity index (χ1) is 11.4. The van der Waals surface area contributed by atoms with Crippen LogP contribution in [-0.4, -0.2) is 39.0 Å². The monoisotopic (exact) mass is 354 g/mol. The minimum absolute atomic E-state index is 0.0284. The molecular weight excluding hydrogens is 327 g/mol. The van der Waals surface area contributed by atoms with Gasteiger partial charge in [-0.25, -0.2) is 17.5 Å². The topological polar surface area (TPSA) is 49.4 Å². The zero-order chi connectivity index (χ0) is 17.2. The van der Waals surface area contributed by atoms with Crippen molar-refractivity contribution >= 4 is 10.0 Å². The summed E-state index contributed by atoms with van der Waals surface area (Å²) in [5.74, 6) is 0.423. The Morgan fingerprint density at radius 3 is 2.46 bits per heavy atom. The zero-order valence-corrected chi connectivity index (χ0v) is 15.1. The number of likely N-dealkylation sites (tertiary alicyclic amines) is 1. The molecule has 1 N–H and O–H groups in total. The number of sulfonamides is 1. The van der Waals surface area contributed by atoms with Crippen LogP contribution >= 0.6 is 0 Å². The fraction of sp³-hybridized carbons (Fsp3) is 0.667. The van der Waals surface area contributed by atoms with E-state index in [-0.39, 0.29) is 10.9 Å². The molecule has 24 heavy (non-hydrogen) atoms. The third-order valence-corrected chi connectivity index (χ3v) is 7.01. The summed E-state index contributed by atoms with van der Waals surface area (Å²) in [5, 5.41) is 0. The summed E-state index contributed by atoms with van der Waals surface area (Å²) in [6, 6.07) is 3.78. The SMILES string of the molecule is Cc1cc(F)ccc1S(=O)(=O)NC1CCN(CC2CCCC2)CC1. The molecule has 3 rings (SSSR count). The molecule has 134 valence electrons. The molecule has 0 spiro atoms. The van der Waals surface area contributed by atoms with Crippen molar-refractivity contribution in [1.82, 2.24) is 9.62 Å². The molecule has 2 aliphatic rings. The predicted octanol–water partition coefficient (Wildman–Crippen LogP) is 3.07. The van der Waals surface area contributed by atoms with Gasteiger partial charge in [-0.2, -0.15) is 0 Å². The second-order valence-corrected chi connectivity index (χ2v) is 8.94. The molecule has 0 bridgehead atoms. The Morgan fingerprint density at radius 2 is 1.83 bits per heavy atom. The van der Waals surface area contributed by atoms with Gasteiger partial charge in [0.15, 0.2) is 0 Å². The van der Waals surface area contributed by atoms with Crippen LogP contribution in [0.4, 0.5) is 4.39 Å². The number of hydrogen-bond donors (Lipinski definition) is 1. The zero-order valence-electron chi connectivity index (χ0n) is 14.3. The number of halogens is 1. The molecule has 1 aromatic rings. The average molecular weight is 354 g/mol. The smallest absolute Gasteiger partial charge is 0.241 e. The van der Waals surface area contributed by atoms with E-state index in [1.165, 1.54) is 43.9 Å². The Balaban J connectivity index is 1.54. The Bertz CT molecular complexity index is 664. The molecular formula is C18H27FN2O2S. The van der Waals surface area contributed by atoms with Crippen LogP contribution in [-0.2, 0) is 10.0 Å². The van der Waals surface area contributed by atoms with Gasteiger partial charge in [0, 0.05) is 12.6 Å². The molecule has 0 amide bonds. The van der Waals surface area contributed by atoms with E-state index in [1.54, 1.807) is 6.92 Å². The van der Waals surface area contributed by atoms with Crippen molar-refractivity contribution in [3.63, 3.8) is 0 Å². The molecule has 0 unspecified atom stereocenters. The van der Waals surface area contributed by atoms with Gasteiger partial charge < -0.3 is 4.90 Å². The summed E-state index contributed by atoms with van der Waals surface area (Å²) in [5.41, 5.74) is 0.446. The van der Waals surface area contributed by atoms with Gasteiger partial charge in [-0.05, 0) is 75.4 Å². The lowest BCUT2D eigenvalue weighted by atomic mass is 10.0. The second-order valence-electron chi connectivity index (χ2n) is 7.26. The largest absolute Gasteiger partial charge is 0.303 e. The van der Waals surface area contributed by atoms with E-state index in [1.807, 2.05) is 0 Å². The van der Waals surface area contributed by atoms with E-state index >= 15 is 0 Å². The summed E-state index contributed by atoms with van der Waals surface area (Å²) in [6.45, 7) is 4.69. The Labute approximate surface area is 144 Å². The number of hydrogen-bond acceptors (Lipinski definition) is 3. The lowest BCUT2D eigenvalue weighted by Gasteiger charge is -2.33. The minimum atomic E-state index is -3.58. The van der Waals surface area contributed by atoms with Crippen molar-refractivity contribution in [3.05, 3.63) is 29.6 Å². The third-order valence-electron chi connectivity index (χ3n) is 5.33. The highest BCUT2D eigenvalue weighted by atomic mass is 32.2. The van der Waals surface area contributed by atoms with Crippen LogP contribution < -0.4 is 4.72 Å². The van der Waals surface area contributed by atoms with Gasteiger partial charge >= 0.3 is 0 Å². The first-order valence-electron chi connectivity index (χ1n) is 8.95. The molecule has 0 aromatic heterocycles. The van der Waals surface area contributed by atoms with Gasteiger partial charge in [-0.3, -0.25) is 0 Å². The van der Waals surface area contributed by atoms with E-state index < -0.39 is 15.8 Å². The maximum Gasteiger partial charge on any atom is 0.241 e. The summed E-state index contributed by atoms with van der Waals surface area (Å²) < 4.78 is 41.1. The molecule has 1 saturated heterocycles. The van der Waals surface area contributed by atoms with Crippen molar-refractivity contribution in [2.45, 2.75) is 56.4 Å². The van der Waals surface area contributed by atoms with E-state index in [9.17, 15) is 12.8 Å². The normalized spacial score (nSPS) is 21.4. The molecule has 0 radical (unpaired) electrons. The van der Waals surface area contributed by atoms with Gasteiger partial charge in [-0.1, -0.05) is 12.8 Å². The van der Waals surface area contributed by atoms with Gasteiger partial charge in [0.2, 0.25) is 10.0 Å². The number of nitrogens with one attached hydrogen (secondary N) is 1. The Kier molecular flexibility index (Phi) is 5.57. The standard InChI is InChI=1S/C18H27FN2O2S/c1-14-12-16(19)6-7-18(14)24(22,23)20-17-8-10-21(11-9-17)13-15-4-2-3-5-15/h6-7,12,15,17,20H,2-5,8-11,13H2,1H3. The number of aryl methyl sites for hydroxylation is 1. The first-order valence-corrected chi connectivity index (χ1v) is 10.4. The third kappa shape index (κ3) is 4.35. The van der Waals surface area contributed by atoms with Crippen LogP contribution in [0.1, 0.15) is 44.1 Å². The predicted molar refractivity (Wildman–Crippen MR) is 92.9 cm³/mol. The summed E-state index contributed by atoms with van der Waals surface area (Å²) >= 11 is 0. The van der Waals surface area contributed by atoms with Crippen molar-refractivity contribution in [3.8, 4) is 0 Å². The van der Waals surface area contributed by atoms with Crippen molar-refractivity contribution in [2.24, 2.45) is 5.92 Å². The molecule has 1 aliphatic carbocycles. The van der Waals surface area contributed by atoms with Crippen molar-refractivity contribution in [1.29, 1.82) is 0 Å². The molecule has 1 aliphatic heterocycles. The molecule has 1 heterocycles. The minimum Gasteiger partial charge on any atom is -0.303 e. The highest BCUT2D eigenvalue weighted by Crippen LogP contribution is 2.27. The molecule has 0 atom stereocenters. The average Bonchev–Trinajstić information content (AvgIpc) is 3.01. The molecule has 1 aromatic carbocycles. The maximum atomic E-state index is 13.2. The summed E-state index contributed by atoms with van der Waals surface area (Å²) in [7, 11) is -3.58. The molecule has 1 saturated carbocycles. The van der Waals surface area contributed by atoms with Gasteiger partial charge in [0.05, 0.1) is 4.90 Å². The van der Waals surface area contributed by atoms with Crippen LogP contribution in [0.5, 0.6) is 0 Å². The van der Waals surface area contributed by atoms with E-state index in [0.29, 0.717) is 5.56 Å². The van der Waals surface area contributed by atoms with Crippen LogP contribution in [0.15, 0.2) is 23.1 Å². The Hall–Kier alpha value is -0.980. The highest BCUT2D eigenvalue weighted by molar-refractivity contribution is 7.89. The van der Waals surface area contributed by atoms with E-state index in [4.69, 9.17) is 0 Å². The lowest BCUT2D eigenvalue weighted by molar-refractivity contribution is 0.180. The van der Waals surface area contributed by atoms with Crippen LogP contribution in [0.3, 0.4) is 0 Å².